The monoisotopic (exact) mass is 445 g/mol. The number of imide groups is 1. The number of fused-ring (bicyclic) bond motifs is 1. The van der Waals surface area contributed by atoms with Gasteiger partial charge in [0.15, 0.2) is 11.5 Å². The Morgan fingerprint density at radius 3 is 2.62 bits per heavy atom. The molecule has 0 atom stereocenters. The second kappa shape index (κ2) is 9.32. The van der Waals surface area contributed by atoms with Crippen LogP contribution < -0.4 is 4.74 Å². The summed E-state index contributed by atoms with van der Waals surface area (Å²) in [5.74, 6) is 0.0752. The van der Waals surface area contributed by atoms with Crippen LogP contribution in [0.3, 0.4) is 0 Å². The van der Waals surface area contributed by atoms with E-state index in [2.05, 4.69) is 6.58 Å². The molecule has 6 heteroatoms. The Balaban J connectivity index is 1.61. The normalized spacial score (nSPS) is 15.0. The van der Waals surface area contributed by atoms with Gasteiger partial charge in [-0.15, -0.1) is 6.58 Å². The number of phenolic OH excluding ortho intramolecular Hbond substituents is 1. The van der Waals surface area contributed by atoms with Gasteiger partial charge in [-0.1, -0.05) is 42.5 Å². The smallest absolute Gasteiger partial charge is 0.293 e. The molecule has 0 bridgehead atoms. The highest BCUT2D eigenvalue weighted by Gasteiger charge is 2.35. The molecule has 3 aromatic carbocycles. The number of phenols is 1. The number of carbonyl (C=O) groups excluding carboxylic acids is 2. The summed E-state index contributed by atoms with van der Waals surface area (Å²) in [4.78, 5) is 27.2. The first-order valence-electron chi connectivity index (χ1n) is 10.3. The Hall–Kier alpha value is -3.51. The van der Waals surface area contributed by atoms with E-state index >= 15 is 0 Å². The lowest BCUT2D eigenvalue weighted by molar-refractivity contribution is -0.123. The van der Waals surface area contributed by atoms with Gasteiger partial charge in [-0.3, -0.25) is 14.5 Å². The van der Waals surface area contributed by atoms with E-state index in [-0.39, 0.29) is 23.4 Å². The van der Waals surface area contributed by atoms with Crippen molar-refractivity contribution in [3.8, 4) is 11.5 Å². The van der Waals surface area contributed by atoms with Crippen molar-refractivity contribution in [2.45, 2.75) is 19.9 Å². The van der Waals surface area contributed by atoms with Gasteiger partial charge in [-0.05, 0) is 71.3 Å². The van der Waals surface area contributed by atoms with Crippen LogP contribution in [0.4, 0.5) is 4.79 Å². The van der Waals surface area contributed by atoms with Crippen LogP contribution in [-0.2, 0) is 17.8 Å². The number of hydrogen-bond acceptors (Lipinski definition) is 5. The fourth-order valence-corrected chi connectivity index (χ4v) is 4.49. The van der Waals surface area contributed by atoms with E-state index in [0.717, 1.165) is 28.1 Å². The number of hydrogen-bond donors (Lipinski definition) is 1. The third kappa shape index (κ3) is 4.41. The molecule has 1 heterocycles. The zero-order valence-corrected chi connectivity index (χ0v) is 18.5. The number of ether oxygens (including phenoxy) is 1. The summed E-state index contributed by atoms with van der Waals surface area (Å²) in [6.07, 6.45) is 3.81. The fraction of sp³-hybridized carbons (Fsp3) is 0.154. The molecule has 3 aromatic rings. The summed E-state index contributed by atoms with van der Waals surface area (Å²) in [6, 6.07) is 17.3. The number of aromatic hydroxyl groups is 1. The lowest BCUT2D eigenvalue weighted by Crippen LogP contribution is -2.27. The standard InChI is InChI=1S/C26H23NO4S/c1-3-7-21-13-18(14-22(24(21)28)31-4-2)15-23-25(29)27(26(30)32-23)16-17-10-11-19-8-5-6-9-20(19)12-17/h3,5-6,8-15,28H,1,4,7,16H2,2H3/b23-15-. The molecule has 32 heavy (non-hydrogen) atoms. The van der Waals surface area contributed by atoms with E-state index in [4.69, 9.17) is 4.74 Å². The Labute approximate surface area is 191 Å². The number of amides is 2. The van der Waals surface area contributed by atoms with Gasteiger partial charge in [-0.25, -0.2) is 0 Å². The second-order valence-electron chi connectivity index (χ2n) is 7.40. The lowest BCUT2D eigenvalue weighted by Gasteiger charge is -2.13. The largest absolute Gasteiger partial charge is 0.504 e. The van der Waals surface area contributed by atoms with E-state index in [1.54, 1.807) is 24.3 Å². The highest BCUT2D eigenvalue weighted by molar-refractivity contribution is 8.18. The molecule has 0 aliphatic carbocycles. The minimum absolute atomic E-state index is 0.0632. The number of carbonyl (C=O) groups is 2. The fourth-order valence-electron chi connectivity index (χ4n) is 3.66. The average Bonchev–Trinajstić information content (AvgIpc) is 3.04. The molecular weight excluding hydrogens is 422 g/mol. The molecule has 4 rings (SSSR count). The zero-order chi connectivity index (χ0) is 22.7. The van der Waals surface area contributed by atoms with Crippen molar-refractivity contribution in [3.05, 3.63) is 88.8 Å². The minimum Gasteiger partial charge on any atom is -0.504 e. The molecule has 1 aliphatic rings. The van der Waals surface area contributed by atoms with Crippen molar-refractivity contribution in [3.63, 3.8) is 0 Å². The molecule has 5 nitrogen and oxygen atoms in total. The van der Waals surface area contributed by atoms with Crippen molar-refractivity contribution in [1.29, 1.82) is 0 Å². The van der Waals surface area contributed by atoms with Crippen LogP contribution in [0.15, 0.2) is 72.2 Å². The molecule has 2 amide bonds. The highest BCUT2D eigenvalue weighted by Crippen LogP contribution is 2.37. The Kier molecular flexibility index (Phi) is 6.32. The van der Waals surface area contributed by atoms with Crippen LogP contribution in [0.1, 0.15) is 23.6 Å². The van der Waals surface area contributed by atoms with E-state index in [1.165, 1.54) is 4.90 Å². The molecule has 162 valence electrons. The zero-order valence-electron chi connectivity index (χ0n) is 17.7. The summed E-state index contributed by atoms with van der Waals surface area (Å²) < 4.78 is 5.53. The third-order valence-corrected chi connectivity index (χ3v) is 6.07. The summed E-state index contributed by atoms with van der Waals surface area (Å²) in [5.41, 5.74) is 2.22. The highest BCUT2D eigenvalue weighted by atomic mass is 32.2. The second-order valence-corrected chi connectivity index (χ2v) is 8.40. The third-order valence-electron chi connectivity index (χ3n) is 5.17. The van der Waals surface area contributed by atoms with Crippen molar-refractivity contribution in [2.24, 2.45) is 0 Å². The van der Waals surface area contributed by atoms with Crippen LogP contribution in [0.5, 0.6) is 11.5 Å². The van der Waals surface area contributed by atoms with Crippen LogP contribution >= 0.6 is 11.8 Å². The first kappa shape index (κ1) is 21.7. The van der Waals surface area contributed by atoms with E-state index in [9.17, 15) is 14.7 Å². The average molecular weight is 446 g/mol. The molecule has 0 saturated carbocycles. The van der Waals surface area contributed by atoms with Gasteiger partial charge < -0.3 is 9.84 Å². The number of rotatable bonds is 7. The molecule has 0 radical (unpaired) electrons. The summed E-state index contributed by atoms with van der Waals surface area (Å²) in [7, 11) is 0. The summed E-state index contributed by atoms with van der Waals surface area (Å²) in [5, 5.41) is 12.3. The predicted molar refractivity (Wildman–Crippen MR) is 129 cm³/mol. The first-order valence-corrected chi connectivity index (χ1v) is 11.1. The lowest BCUT2D eigenvalue weighted by atomic mass is 10.0. The first-order chi connectivity index (χ1) is 15.5. The van der Waals surface area contributed by atoms with E-state index in [1.807, 2.05) is 49.4 Å². The summed E-state index contributed by atoms with van der Waals surface area (Å²) >= 11 is 0.917. The Morgan fingerprint density at radius 2 is 1.88 bits per heavy atom. The Morgan fingerprint density at radius 1 is 1.09 bits per heavy atom. The Bertz CT molecular complexity index is 1250. The quantitative estimate of drug-likeness (QED) is 0.362. The van der Waals surface area contributed by atoms with Crippen molar-refractivity contribution in [2.75, 3.05) is 6.61 Å². The molecule has 1 saturated heterocycles. The number of allylic oxidation sites excluding steroid dienone is 1. The van der Waals surface area contributed by atoms with Crippen LogP contribution in [0.2, 0.25) is 0 Å². The van der Waals surface area contributed by atoms with Crippen LogP contribution in [0.25, 0.3) is 16.8 Å². The maximum atomic E-state index is 13.0. The minimum atomic E-state index is -0.329. The van der Waals surface area contributed by atoms with Gasteiger partial charge >= 0.3 is 0 Å². The molecule has 0 aromatic heterocycles. The number of benzene rings is 3. The van der Waals surface area contributed by atoms with E-state index < -0.39 is 0 Å². The topological polar surface area (TPSA) is 66.8 Å². The van der Waals surface area contributed by atoms with Crippen LogP contribution in [0, 0.1) is 0 Å². The predicted octanol–water partition coefficient (Wildman–Crippen LogP) is 5.91. The van der Waals surface area contributed by atoms with Gasteiger partial charge in [0.25, 0.3) is 11.1 Å². The molecule has 1 fully saturated rings. The van der Waals surface area contributed by atoms with Gasteiger partial charge in [-0.2, -0.15) is 0 Å². The van der Waals surface area contributed by atoms with Crippen molar-refractivity contribution in [1.82, 2.24) is 4.90 Å². The van der Waals surface area contributed by atoms with Gasteiger partial charge in [0.05, 0.1) is 18.1 Å². The molecule has 0 spiro atoms. The van der Waals surface area contributed by atoms with E-state index in [0.29, 0.717) is 34.8 Å². The summed E-state index contributed by atoms with van der Waals surface area (Å²) in [6.45, 7) is 6.16. The number of thioether (sulfide) groups is 1. The van der Waals surface area contributed by atoms with Crippen molar-refractivity contribution >= 4 is 39.8 Å². The van der Waals surface area contributed by atoms with Gasteiger partial charge in [0.1, 0.15) is 0 Å². The molecule has 0 unspecified atom stereocenters. The molecule has 1 N–H and O–H groups in total. The maximum absolute atomic E-state index is 13.0. The van der Waals surface area contributed by atoms with Crippen molar-refractivity contribution < 1.29 is 19.4 Å². The van der Waals surface area contributed by atoms with Gasteiger partial charge in [0.2, 0.25) is 0 Å². The number of nitrogens with zero attached hydrogens (tertiary/aromatic N) is 1. The molecule has 1 aliphatic heterocycles. The van der Waals surface area contributed by atoms with Gasteiger partial charge in [0, 0.05) is 5.56 Å². The van der Waals surface area contributed by atoms with Crippen LogP contribution in [-0.4, -0.2) is 27.8 Å². The molecular formula is C26H23NO4S. The maximum Gasteiger partial charge on any atom is 0.293 e. The SMILES string of the molecule is C=CCc1cc(/C=C2\SC(=O)N(Cc3ccc4ccccc4c3)C2=O)cc(OCC)c1O.